The number of hydrogen-bond donors (Lipinski definition) is 0. The van der Waals surface area contributed by atoms with E-state index in [1.165, 1.54) is 11.0 Å². The summed E-state index contributed by atoms with van der Waals surface area (Å²) >= 11 is 0. The summed E-state index contributed by atoms with van der Waals surface area (Å²) in [5, 5.41) is -0.508. The van der Waals surface area contributed by atoms with Crippen molar-refractivity contribution in [3.63, 3.8) is 0 Å². The van der Waals surface area contributed by atoms with Crippen molar-refractivity contribution < 1.29 is 22.0 Å². The van der Waals surface area contributed by atoms with E-state index in [4.69, 9.17) is 0 Å². The highest BCUT2D eigenvalue weighted by Gasteiger charge is 2.50. The molecule has 2 unspecified atom stereocenters. The minimum Gasteiger partial charge on any atom is -0.333 e. The van der Waals surface area contributed by atoms with Crippen molar-refractivity contribution in [3.05, 3.63) is 35.4 Å². The highest BCUT2D eigenvalue weighted by Crippen LogP contribution is 2.33. The summed E-state index contributed by atoms with van der Waals surface area (Å²) < 4.78 is 49.1. The summed E-state index contributed by atoms with van der Waals surface area (Å²) in [5.74, 6) is -2.57. The molecule has 0 aromatic heterocycles. The van der Waals surface area contributed by atoms with E-state index in [0.717, 1.165) is 12.1 Å². The Labute approximate surface area is 108 Å². The van der Waals surface area contributed by atoms with Crippen molar-refractivity contribution in [3.8, 4) is 0 Å². The molecular formula is C12H11F2NO3S. The van der Waals surface area contributed by atoms with Crippen LogP contribution < -0.4 is 0 Å². The van der Waals surface area contributed by atoms with Gasteiger partial charge >= 0.3 is 0 Å². The average molecular weight is 287 g/mol. The fraction of sp³-hybridized carbons (Fsp3) is 0.417. The van der Waals surface area contributed by atoms with Gasteiger partial charge < -0.3 is 4.90 Å². The minimum atomic E-state index is -3.08. The zero-order valence-electron chi connectivity index (χ0n) is 9.84. The summed E-state index contributed by atoms with van der Waals surface area (Å²) in [6.07, 6.45) is 0.442. The van der Waals surface area contributed by atoms with Crippen LogP contribution in [0.4, 0.5) is 8.78 Å². The number of halogens is 2. The van der Waals surface area contributed by atoms with Gasteiger partial charge in [-0.15, -0.1) is 0 Å². The zero-order valence-corrected chi connectivity index (χ0v) is 10.7. The molecule has 2 aliphatic rings. The molecule has 2 saturated heterocycles. The third-order valence-electron chi connectivity index (χ3n) is 3.74. The quantitative estimate of drug-likeness (QED) is 0.773. The fourth-order valence-corrected chi connectivity index (χ4v) is 4.77. The van der Waals surface area contributed by atoms with Gasteiger partial charge in [0.05, 0.1) is 11.0 Å². The van der Waals surface area contributed by atoms with Crippen LogP contribution in [0.2, 0.25) is 0 Å². The van der Waals surface area contributed by atoms with Crippen LogP contribution >= 0.6 is 0 Å². The third kappa shape index (κ3) is 1.92. The molecule has 0 N–H and O–H groups in total. The molecule has 3 rings (SSSR count). The lowest BCUT2D eigenvalue weighted by Crippen LogP contribution is -2.44. The van der Waals surface area contributed by atoms with Gasteiger partial charge in [0.25, 0.3) is 5.91 Å². The number of carbonyl (C=O) groups is 1. The maximum absolute atomic E-state index is 13.1. The maximum Gasteiger partial charge on any atom is 0.254 e. The van der Waals surface area contributed by atoms with Gasteiger partial charge in [-0.25, -0.2) is 17.2 Å². The van der Waals surface area contributed by atoms with Crippen LogP contribution in [-0.2, 0) is 9.84 Å². The van der Waals surface area contributed by atoms with Crippen LogP contribution in [0.3, 0.4) is 0 Å². The van der Waals surface area contributed by atoms with Crippen molar-refractivity contribution in [2.24, 2.45) is 0 Å². The van der Waals surface area contributed by atoms with Crippen LogP contribution in [0.15, 0.2) is 18.2 Å². The zero-order chi connectivity index (χ0) is 13.8. The summed E-state index contributed by atoms with van der Waals surface area (Å²) in [6.45, 7) is 0.144. The van der Waals surface area contributed by atoms with E-state index in [-0.39, 0.29) is 23.9 Å². The van der Waals surface area contributed by atoms with E-state index in [1.807, 2.05) is 0 Å². The maximum atomic E-state index is 13.1. The van der Waals surface area contributed by atoms with E-state index >= 15 is 0 Å². The molecule has 0 radical (unpaired) electrons. The Hall–Kier alpha value is -1.50. The first-order valence-corrected chi connectivity index (χ1v) is 7.57. The number of nitrogens with zero attached hydrogens (tertiary/aromatic N) is 1. The monoisotopic (exact) mass is 287 g/mol. The number of hydrogen-bond acceptors (Lipinski definition) is 3. The van der Waals surface area contributed by atoms with E-state index < -0.39 is 32.6 Å². The Morgan fingerprint density at radius 3 is 2.53 bits per heavy atom. The fourth-order valence-electron chi connectivity index (χ4n) is 2.74. The van der Waals surface area contributed by atoms with Gasteiger partial charge in [0.2, 0.25) is 0 Å². The van der Waals surface area contributed by atoms with Gasteiger partial charge in [0, 0.05) is 18.2 Å². The van der Waals surface area contributed by atoms with Crippen molar-refractivity contribution in [1.82, 2.24) is 4.90 Å². The molecule has 2 bridgehead atoms. The van der Waals surface area contributed by atoms with Crippen LogP contribution in [-0.4, -0.2) is 42.8 Å². The van der Waals surface area contributed by atoms with E-state index in [0.29, 0.717) is 6.42 Å². The number of rotatable bonds is 1. The Kier molecular flexibility index (Phi) is 2.63. The smallest absolute Gasteiger partial charge is 0.254 e. The molecular weight excluding hydrogens is 276 g/mol. The van der Waals surface area contributed by atoms with E-state index in [9.17, 15) is 22.0 Å². The summed E-state index contributed by atoms with van der Waals surface area (Å²) in [5.41, 5.74) is 0.0452. The molecule has 2 aliphatic heterocycles. The molecule has 19 heavy (non-hydrogen) atoms. The summed E-state index contributed by atoms with van der Waals surface area (Å²) in [4.78, 5) is 13.6. The lowest BCUT2D eigenvalue weighted by atomic mass is 10.1. The first-order valence-electron chi connectivity index (χ1n) is 5.86. The molecule has 0 spiro atoms. The molecule has 4 nitrogen and oxygen atoms in total. The normalized spacial score (nSPS) is 27.8. The first-order chi connectivity index (χ1) is 8.88. The Morgan fingerprint density at radius 2 is 2.00 bits per heavy atom. The number of fused-ring (bicyclic) bond motifs is 2. The molecule has 1 amide bonds. The van der Waals surface area contributed by atoms with Gasteiger partial charge in [-0.05, 0) is 24.6 Å². The van der Waals surface area contributed by atoms with Crippen LogP contribution in [0, 0.1) is 11.6 Å². The van der Waals surface area contributed by atoms with Crippen LogP contribution in [0.1, 0.15) is 16.8 Å². The third-order valence-corrected chi connectivity index (χ3v) is 5.94. The molecule has 1 aromatic carbocycles. The largest absolute Gasteiger partial charge is 0.333 e. The summed E-state index contributed by atoms with van der Waals surface area (Å²) in [7, 11) is -3.08. The number of likely N-dealkylation sites (tertiary alicyclic amines) is 1. The van der Waals surface area contributed by atoms with Gasteiger partial charge in [-0.2, -0.15) is 0 Å². The number of benzene rings is 1. The van der Waals surface area contributed by atoms with E-state index in [1.54, 1.807) is 0 Å². The summed E-state index contributed by atoms with van der Waals surface area (Å²) in [6, 6.07) is 2.61. The molecule has 7 heteroatoms. The van der Waals surface area contributed by atoms with Crippen molar-refractivity contribution in [2.45, 2.75) is 17.7 Å². The van der Waals surface area contributed by atoms with Crippen LogP contribution in [0.5, 0.6) is 0 Å². The SMILES string of the molecule is O=C(c1ccc(F)c(F)c1)N1CC2CC1CS2(=O)=O. The highest BCUT2D eigenvalue weighted by molar-refractivity contribution is 7.92. The molecule has 2 atom stereocenters. The molecule has 0 saturated carbocycles. The van der Waals surface area contributed by atoms with Gasteiger partial charge in [-0.1, -0.05) is 0 Å². The molecule has 1 aromatic rings. The Balaban J connectivity index is 1.85. The lowest BCUT2D eigenvalue weighted by molar-refractivity contribution is 0.0745. The molecule has 2 heterocycles. The number of carbonyl (C=O) groups excluding carboxylic acids is 1. The predicted octanol–water partition coefficient (Wildman–Crippen LogP) is 0.976. The van der Waals surface area contributed by atoms with Crippen molar-refractivity contribution in [1.29, 1.82) is 0 Å². The Morgan fingerprint density at radius 1 is 1.26 bits per heavy atom. The second kappa shape index (κ2) is 4.00. The lowest BCUT2D eigenvalue weighted by Gasteiger charge is -2.26. The van der Waals surface area contributed by atoms with Crippen molar-refractivity contribution in [2.75, 3.05) is 12.3 Å². The molecule has 102 valence electrons. The highest BCUT2D eigenvalue weighted by atomic mass is 32.2. The van der Waals surface area contributed by atoms with E-state index in [2.05, 4.69) is 0 Å². The molecule has 2 fully saturated rings. The second-order valence-electron chi connectivity index (χ2n) is 4.93. The predicted molar refractivity (Wildman–Crippen MR) is 63.4 cm³/mol. The molecule has 0 aliphatic carbocycles. The standard InChI is InChI=1S/C12H11F2NO3S/c13-10-2-1-7(3-11(10)14)12(16)15-5-9-4-8(15)6-19(9,17)18/h1-3,8-9H,4-6H2. The Bertz CT molecular complexity index is 659. The van der Waals surface area contributed by atoms with Crippen molar-refractivity contribution >= 4 is 15.7 Å². The first kappa shape index (κ1) is 12.5. The van der Waals surface area contributed by atoms with Gasteiger partial charge in [0.1, 0.15) is 0 Å². The number of amides is 1. The van der Waals surface area contributed by atoms with Gasteiger partial charge in [0.15, 0.2) is 21.5 Å². The second-order valence-corrected chi connectivity index (χ2v) is 7.25. The number of sulfone groups is 1. The topological polar surface area (TPSA) is 54.5 Å². The van der Waals surface area contributed by atoms with Crippen LogP contribution in [0.25, 0.3) is 0 Å². The van der Waals surface area contributed by atoms with Gasteiger partial charge in [-0.3, -0.25) is 4.79 Å². The minimum absolute atomic E-state index is 0.0346. The average Bonchev–Trinajstić information content (AvgIpc) is 2.87.